The Kier molecular flexibility index (Phi) is 5.25. The molecule has 1 unspecified atom stereocenters. The zero-order chi connectivity index (χ0) is 12.8. The molecule has 0 saturated heterocycles. The van der Waals surface area contributed by atoms with Gasteiger partial charge >= 0.3 is 12.0 Å². The lowest BCUT2D eigenvalue weighted by molar-refractivity contribution is -0.140. The van der Waals surface area contributed by atoms with E-state index in [4.69, 9.17) is 5.11 Å². The van der Waals surface area contributed by atoms with Crippen LogP contribution in [0.2, 0.25) is 0 Å². The molecule has 0 spiro atoms. The van der Waals surface area contributed by atoms with E-state index in [-0.39, 0.29) is 18.0 Å². The average Bonchev–Trinajstić information content (AvgIpc) is 2.77. The number of urea groups is 1. The maximum atomic E-state index is 11.6. The number of carboxylic acids is 1. The summed E-state index contributed by atoms with van der Waals surface area (Å²) in [6, 6.07) is -0.951. The van der Waals surface area contributed by atoms with Crippen molar-refractivity contribution in [2.24, 2.45) is 5.92 Å². The molecule has 2 amide bonds. The maximum Gasteiger partial charge on any atom is 0.326 e. The van der Waals surface area contributed by atoms with Crippen molar-refractivity contribution < 1.29 is 14.7 Å². The molecular formula is C12H22N2O3. The van der Waals surface area contributed by atoms with Gasteiger partial charge in [-0.15, -0.1) is 0 Å². The highest BCUT2D eigenvalue weighted by molar-refractivity contribution is 5.82. The van der Waals surface area contributed by atoms with Crippen LogP contribution in [0.15, 0.2) is 0 Å². The number of carbonyl (C=O) groups excluding carboxylic acids is 1. The van der Waals surface area contributed by atoms with Gasteiger partial charge in [-0.05, 0) is 18.8 Å². The summed E-state index contributed by atoms with van der Waals surface area (Å²) in [7, 11) is 0. The van der Waals surface area contributed by atoms with Crippen molar-refractivity contribution in [2.45, 2.75) is 58.0 Å². The van der Waals surface area contributed by atoms with E-state index in [1.54, 1.807) is 0 Å². The van der Waals surface area contributed by atoms with Crippen LogP contribution in [0, 0.1) is 5.92 Å². The number of aliphatic carboxylic acids is 1. The summed E-state index contributed by atoms with van der Waals surface area (Å²) >= 11 is 0. The predicted molar refractivity (Wildman–Crippen MR) is 64.8 cm³/mol. The summed E-state index contributed by atoms with van der Waals surface area (Å²) in [5.41, 5.74) is 0. The Hall–Kier alpha value is -1.26. The lowest BCUT2D eigenvalue weighted by atomic mass is 9.99. The average molecular weight is 242 g/mol. The summed E-state index contributed by atoms with van der Waals surface area (Å²) in [6.45, 7) is 3.74. The number of nitrogens with one attached hydrogen (secondary N) is 2. The normalized spacial score (nSPS) is 19.6. The lowest BCUT2D eigenvalue weighted by Gasteiger charge is -2.21. The van der Waals surface area contributed by atoms with Crippen molar-refractivity contribution in [3.05, 3.63) is 0 Å². The van der Waals surface area contributed by atoms with E-state index in [2.05, 4.69) is 10.6 Å². The van der Waals surface area contributed by atoms with Crippen LogP contribution < -0.4 is 10.6 Å². The van der Waals surface area contributed by atoms with Crippen LogP contribution >= 0.6 is 0 Å². The Labute approximate surface area is 102 Å². The molecule has 1 saturated carbocycles. The molecule has 1 aliphatic rings. The second kappa shape index (κ2) is 6.47. The molecule has 5 nitrogen and oxygen atoms in total. The van der Waals surface area contributed by atoms with Gasteiger partial charge in [-0.25, -0.2) is 9.59 Å². The van der Waals surface area contributed by atoms with E-state index in [1.165, 1.54) is 0 Å². The number of rotatable bonds is 5. The highest BCUT2D eigenvalue weighted by Gasteiger charge is 2.26. The lowest BCUT2D eigenvalue weighted by Crippen LogP contribution is -2.50. The van der Waals surface area contributed by atoms with Gasteiger partial charge in [0.05, 0.1) is 0 Å². The van der Waals surface area contributed by atoms with E-state index in [0.717, 1.165) is 32.1 Å². The summed E-state index contributed by atoms with van der Waals surface area (Å²) in [5, 5.41) is 14.4. The quantitative estimate of drug-likeness (QED) is 0.687. The molecule has 1 fully saturated rings. The topological polar surface area (TPSA) is 78.4 Å². The molecule has 5 heteroatoms. The Bertz CT molecular complexity index is 275. The first-order valence-corrected chi connectivity index (χ1v) is 6.34. The fourth-order valence-corrected chi connectivity index (χ4v) is 2.12. The van der Waals surface area contributed by atoms with Gasteiger partial charge in [0.1, 0.15) is 6.04 Å². The van der Waals surface area contributed by atoms with Crippen LogP contribution in [0.25, 0.3) is 0 Å². The van der Waals surface area contributed by atoms with Crippen molar-refractivity contribution in [1.29, 1.82) is 0 Å². The molecule has 17 heavy (non-hydrogen) atoms. The van der Waals surface area contributed by atoms with Gasteiger partial charge < -0.3 is 15.7 Å². The molecule has 0 heterocycles. The van der Waals surface area contributed by atoms with Gasteiger partial charge in [-0.3, -0.25) is 0 Å². The highest BCUT2D eigenvalue weighted by Crippen LogP contribution is 2.17. The van der Waals surface area contributed by atoms with E-state index in [1.807, 2.05) is 13.8 Å². The zero-order valence-electron chi connectivity index (χ0n) is 10.5. The molecule has 0 aromatic heterocycles. The van der Waals surface area contributed by atoms with Crippen molar-refractivity contribution in [3.63, 3.8) is 0 Å². The molecule has 98 valence electrons. The molecule has 0 aliphatic heterocycles. The molecule has 0 aromatic carbocycles. The third-order valence-corrected chi connectivity index (χ3v) is 3.46. The Morgan fingerprint density at radius 3 is 2.41 bits per heavy atom. The second-order valence-corrected chi connectivity index (χ2v) is 4.80. The number of hydrogen-bond donors (Lipinski definition) is 3. The molecule has 0 radical (unpaired) electrons. The smallest absolute Gasteiger partial charge is 0.326 e. The SMILES string of the molecule is CCC(C)[C@H](NC(=O)NC1CCCC1)C(=O)O. The summed E-state index contributed by atoms with van der Waals surface area (Å²) in [4.78, 5) is 22.7. The monoisotopic (exact) mass is 242 g/mol. The number of carbonyl (C=O) groups is 2. The summed E-state index contributed by atoms with van der Waals surface area (Å²) in [5.74, 6) is -1.04. The summed E-state index contributed by atoms with van der Waals surface area (Å²) < 4.78 is 0. The van der Waals surface area contributed by atoms with E-state index < -0.39 is 12.0 Å². The molecule has 1 aliphatic carbocycles. The Balaban J connectivity index is 2.43. The minimum absolute atomic E-state index is 0.0678. The molecule has 3 N–H and O–H groups in total. The van der Waals surface area contributed by atoms with Crippen LogP contribution in [0.1, 0.15) is 46.0 Å². The van der Waals surface area contributed by atoms with Crippen LogP contribution in [-0.4, -0.2) is 29.2 Å². The third-order valence-electron chi connectivity index (χ3n) is 3.46. The van der Waals surface area contributed by atoms with E-state index >= 15 is 0 Å². The van der Waals surface area contributed by atoms with Crippen LogP contribution in [-0.2, 0) is 4.79 Å². The molecule has 1 rings (SSSR count). The third kappa shape index (κ3) is 4.24. The minimum Gasteiger partial charge on any atom is -0.480 e. The van der Waals surface area contributed by atoms with Gasteiger partial charge in [0.15, 0.2) is 0 Å². The standard InChI is InChI=1S/C12H22N2O3/c1-3-8(2)10(11(15)16)14-12(17)13-9-6-4-5-7-9/h8-10H,3-7H2,1-2H3,(H,15,16)(H2,13,14,17)/t8?,10-/m0/s1. The van der Waals surface area contributed by atoms with E-state index in [0.29, 0.717) is 0 Å². The van der Waals surface area contributed by atoms with Crippen molar-refractivity contribution in [1.82, 2.24) is 10.6 Å². The first-order chi connectivity index (χ1) is 8.04. The Morgan fingerprint density at radius 2 is 1.94 bits per heavy atom. The fourth-order valence-electron chi connectivity index (χ4n) is 2.12. The van der Waals surface area contributed by atoms with Crippen molar-refractivity contribution in [2.75, 3.05) is 0 Å². The molecule has 0 bridgehead atoms. The van der Waals surface area contributed by atoms with Gasteiger partial charge in [-0.2, -0.15) is 0 Å². The Morgan fingerprint density at radius 1 is 1.35 bits per heavy atom. The molecule has 0 aromatic rings. The molecule has 2 atom stereocenters. The van der Waals surface area contributed by atoms with Crippen LogP contribution in [0.5, 0.6) is 0 Å². The highest BCUT2D eigenvalue weighted by atomic mass is 16.4. The number of amides is 2. The van der Waals surface area contributed by atoms with Crippen LogP contribution in [0.4, 0.5) is 4.79 Å². The molecular weight excluding hydrogens is 220 g/mol. The van der Waals surface area contributed by atoms with Gasteiger partial charge in [0.25, 0.3) is 0 Å². The van der Waals surface area contributed by atoms with Gasteiger partial charge in [-0.1, -0.05) is 33.1 Å². The fraction of sp³-hybridized carbons (Fsp3) is 0.833. The second-order valence-electron chi connectivity index (χ2n) is 4.80. The van der Waals surface area contributed by atoms with Gasteiger partial charge in [0.2, 0.25) is 0 Å². The number of carboxylic acid groups (broad SMARTS) is 1. The largest absolute Gasteiger partial charge is 0.480 e. The zero-order valence-corrected chi connectivity index (χ0v) is 10.5. The first-order valence-electron chi connectivity index (χ1n) is 6.34. The predicted octanol–water partition coefficient (Wildman–Crippen LogP) is 1.73. The maximum absolute atomic E-state index is 11.6. The first kappa shape index (κ1) is 13.8. The van der Waals surface area contributed by atoms with Crippen LogP contribution in [0.3, 0.4) is 0 Å². The van der Waals surface area contributed by atoms with E-state index in [9.17, 15) is 9.59 Å². The number of hydrogen-bond acceptors (Lipinski definition) is 2. The minimum atomic E-state index is -0.971. The van der Waals surface area contributed by atoms with Gasteiger partial charge in [0, 0.05) is 6.04 Å². The van der Waals surface area contributed by atoms with Crippen molar-refractivity contribution >= 4 is 12.0 Å². The van der Waals surface area contributed by atoms with Crippen molar-refractivity contribution in [3.8, 4) is 0 Å². The summed E-state index contributed by atoms with van der Waals surface area (Å²) in [6.07, 6.45) is 4.99.